The van der Waals surface area contributed by atoms with E-state index in [9.17, 15) is 22.5 Å². The summed E-state index contributed by atoms with van der Waals surface area (Å²) in [6.07, 6.45) is -7.36. The highest BCUT2D eigenvalue weighted by molar-refractivity contribution is 7.57. The van der Waals surface area contributed by atoms with Gasteiger partial charge in [0.05, 0.1) is 29.5 Å². The molecule has 0 spiro atoms. The molecule has 0 saturated carbocycles. The van der Waals surface area contributed by atoms with Crippen LogP contribution in [0.5, 0.6) is 0 Å². The van der Waals surface area contributed by atoms with Crippen molar-refractivity contribution < 1.29 is 36.3 Å². The number of carbonyl (C=O) groups is 1. The van der Waals surface area contributed by atoms with Crippen LogP contribution < -0.4 is 5.32 Å². The molecule has 2 rings (SSSR count). The summed E-state index contributed by atoms with van der Waals surface area (Å²) in [5, 5.41) is -1.84. The number of aromatic nitrogens is 1. The molecule has 0 bridgehead atoms. The third-order valence-corrected chi connectivity index (χ3v) is 7.58. The Hall–Kier alpha value is -1.39. The molecule has 0 aliphatic heterocycles. The number of halogens is 4. The second kappa shape index (κ2) is 9.00. The molecular formula is C17H21ClF3N2O5PS. The van der Waals surface area contributed by atoms with Crippen molar-refractivity contribution in [1.82, 2.24) is 4.98 Å². The van der Waals surface area contributed by atoms with Crippen molar-refractivity contribution in [3.63, 3.8) is 0 Å². The first-order valence-corrected chi connectivity index (χ1v) is 11.5. The molecule has 1 atom stereocenters. The Morgan fingerprint density at radius 1 is 1.20 bits per heavy atom. The predicted molar refractivity (Wildman–Crippen MR) is 109 cm³/mol. The van der Waals surface area contributed by atoms with Crippen LogP contribution in [0.25, 0.3) is 10.2 Å². The quantitative estimate of drug-likeness (QED) is 0.369. The topological polar surface area (TPSA) is 86.8 Å². The fourth-order valence-corrected chi connectivity index (χ4v) is 6.18. The predicted octanol–water partition coefficient (Wildman–Crippen LogP) is 5.84. The highest BCUT2D eigenvalue weighted by atomic mass is 35.5. The van der Waals surface area contributed by atoms with Gasteiger partial charge in [0.2, 0.25) is 0 Å². The minimum absolute atomic E-state index is 0.331. The smallest absolute Gasteiger partial charge is 0.434 e. The maximum absolute atomic E-state index is 14.5. The zero-order valence-corrected chi connectivity index (χ0v) is 19.2. The van der Waals surface area contributed by atoms with Gasteiger partial charge in [0, 0.05) is 5.02 Å². The third kappa shape index (κ3) is 4.75. The molecule has 1 aromatic heterocycles. The van der Waals surface area contributed by atoms with Crippen molar-refractivity contribution in [2.24, 2.45) is 0 Å². The lowest BCUT2D eigenvalue weighted by Crippen LogP contribution is -2.59. The number of anilines is 1. The first-order valence-electron chi connectivity index (χ1n) is 8.72. The minimum Gasteiger partial charge on any atom is -0.467 e. The number of esters is 1. The number of fused-ring (bicyclic) bond motifs is 1. The zero-order valence-electron chi connectivity index (χ0n) is 16.7. The summed E-state index contributed by atoms with van der Waals surface area (Å²) in [6.45, 7) is 5.48. The average molecular weight is 489 g/mol. The maximum atomic E-state index is 14.5. The SMILES string of the molecule is COC(=O)[C@@](Nc1nc2ccc(Cl)cc2s1)(C(F)(F)F)P(=O)(OC(C)C)OC(C)C. The monoisotopic (exact) mass is 488 g/mol. The Balaban J connectivity index is 2.75. The molecule has 7 nitrogen and oxygen atoms in total. The van der Waals surface area contributed by atoms with Crippen molar-refractivity contribution in [1.29, 1.82) is 0 Å². The second-order valence-electron chi connectivity index (χ2n) is 6.76. The number of nitrogens with one attached hydrogen (secondary N) is 1. The molecule has 1 aromatic carbocycles. The minimum atomic E-state index is -5.44. The molecule has 0 aliphatic carbocycles. The van der Waals surface area contributed by atoms with E-state index >= 15 is 0 Å². The van der Waals surface area contributed by atoms with Crippen molar-refractivity contribution in [3.05, 3.63) is 23.2 Å². The van der Waals surface area contributed by atoms with Crippen LogP contribution >= 0.6 is 30.5 Å². The fraction of sp³-hybridized carbons (Fsp3) is 0.529. The van der Waals surface area contributed by atoms with Gasteiger partial charge in [-0.25, -0.2) is 9.78 Å². The molecule has 30 heavy (non-hydrogen) atoms. The van der Waals surface area contributed by atoms with Gasteiger partial charge in [0.1, 0.15) is 0 Å². The molecule has 1 heterocycles. The molecule has 13 heteroatoms. The van der Waals surface area contributed by atoms with Crippen LogP contribution in [-0.2, 0) is 23.1 Å². The first-order chi connectivity index (χ1) is 13.8. The van der Waals surface area contributed by atoms with E-state index in [1.54, 1.807) is 0 Å². The summed E-state index contributed by atoms with van der Waals surface area (Å²) < 4.78 is 72.2. The van der Waals surface area contributed by atoms with Crippen LogP contribution in [0.1, 0.15) is 27.7 Å². The van der Waals surface area contributed by atoms with Crippen LogP contribution in [0.3, 0.4) is 0 Å². The molecule has 0 saturated heterocycles. The van der Waals surface area contributed by atoms with E-state index in [2.05, 4.69) is 9.72 Å². The molecule has 2 aromatic rings. The van der Waals surface area contributed by atoms with Crippen LogP contribution in [0.2, 0.25) is 5.02 Å². The molecular weight excluding hydrogens is 468 g/mol. The molecule has 0 aliphatic rings. The van der Waals surface area contributed by atoms with E-state index in [0.717, 1.165) is 18.4 Å². The van der Waals surface area contributed by atoms with Gasteiger partial charge in [0.25, 0.3) is 0 Å². The number of hydrogen-bond donors (Lipinski definition) is 1. The Labute approximate surface area is 180 Å². The standard InChI is InChI=1S/C17H21ClF3N2O5PS/c1-9(2)27-29(25,28-10(3)4)16(14(24)26-5,17(19,20)21)23-15-22-12-7-6-11(18)8-13(12)30-15/h6-10H,1-5H3,(H,22,23)/t16-/m0/s1. The van der Waals surface area contributed by atoms with Gasteiger partial charge in [-0.3, -0.25) is 4.57 Å². The summed E-state index contributed by atoms with van der Waals surface area (Å²) in [4.78, 5) is 16.6. The Morgan fingerprint density at radius 2 is 1.77 bits per heavy atom. The number of alkyl halides is 3. The highest BCUT2D eigenvalue weighted by Crippen LogP contribution is 2.67. The van der Waals surface area contributed by atoms with Crippen molar-refractivity contribution in [3.8, 4) is 0 Å². The lowest BCUT2D eigenvalue weighted by Gasteiger charge is -2.39. The lowest BCUT2D eigenvalue weighted by atomic mass is 10.3. The van der Waals surface area contributed by atoms with E-state index in [1.165, 1.54) is 45.9 Å². The number of carbonyl (C=O) groups excluding carboxylic acids is 1. The lowest BCUT2D eigenvalue weighted by molar-refractivity contribution is -0.186. The summed E-state index contributed by atoms with van der Waals surface area (Å²) >= 11 is 6.70. The van der Waals surface area contributed by atoms with Gasteiger partial charge < -0.3 is 19.1 Å². The van der Waals surface area contributed by atoms with E-state index < -0.39 is 37.2 Å². The van der Waals surface area contributed by atoms with Gasteiger partial charge >= 0.3 is 25.0 Å². The number of ether oxygens (including phenoxy) is 1. The number of thiazole rings is 1. The number of nitrogens with zero attached hydrogens (tertiary/aromatic N) is 1. The number of benzene rings is 1. The number of methoxy groups -OCH3 is 1. The summed E-state index contributed by atoms with van der Waals surface area (Å²) in [5.41, 5.74) is 0.331. The van der Waals surface area contributed by atoms with E-state index in [-0.39, 0.29) is 5.13 Å². The van der Waals surface area contributed by atoms with E-state index in [0.29, 0.717) is 15.2 Å². The second-order valence-corrected chi connectivity index (χ2v) is 10.3. The highest BCUT2D eigenvalue weighted by Gasteiger charge is 2.75. The Bertz CT molecular complexity index is 955. The van der Waals surface area contributed by atoms with E-state index in [4.69, 9.17) is 20.6 Å². The van der Waals surface area contributed by atoms with Gasteiger partial charge in [-0.05, 0) is 45.9 Å². The van der Waals surface area contributed by atoms with E-state index in [1.807, 2.05) is 5.32 Å². The summed E-state index contributed by atoms with van der Waals surface area (Å²) in [7, 11) is -4.51. The summed E-state index contributed by atoms with van der Waals surface area (Å²) in [5.74, 6) is -1.88. The first kappa shape index (κ1) is 24.9. The molecule has 1 N–H and O–H groups in total. The van der Waals surface area contributed by atoms with Gasteiger partial charge in [-0.2, -0.15) is 13.2 Å². The third-order valence-electron chi connectivity index (χ3n) is 3.64. The summed E-state index contributed by atoms with van der Waals surface area (Å²) in [6, 6.07) is 4.52. The molecule has 0 fully saturated rings. The molecule has 168 valence electrons. The van der Waals surface area contributed by atoms with Gasteiger partial charge in [-0.15, -0.1) is 0 Å². The van der Waals surface area contributed by atoms with Crippen LogP contribution in [0.4, 0.5) is 18.3 Å². The number of hydrogen-bond acceptors (Lipinski definition) is 8. The fourth-order valence-electron chi connectivity index (χ4n) is 2.57. The normalized spacial score (nSPS) is 14.9. The maximum Gasteiger partial charge on any atom is 0.434 e. The van der Waals surface area contributed by atoms with Crippen LogP contribution in [0, 0.1) is 0 Å². The van der Waals surface area contributed by atoms with Gasteiger partial charge in [-0.1, -0.05) is 22.9 Å². The average Bonchev–Trinajstić information content (AvgIpc) is 2.97. The number of rotatable bonds is 8. The Morgan fingerprint density at radius 3 is 2.23 bits per heavy atom. The zero-order chi connectivity index (χ0) is 22.9. The molecule has 0 amide bonds. The van der Waals surface area contributed by atoms with Crippen molar-refractivity contribution >= 4 is 51.9 Å². The van der Waals surface area contributed by atoms with Crippen molar-refractivity contribution in [2.75, 3.05) is 12.4 Å². The Kier molecular flexibility index (Phi) is 7.46. The van der Waals surface area contributed by atoms with Crippen LogP contribution in [0.15, 0.2) is 18.2 Å². The van der Waals surface area contributed by atoms with Crippen LogP contribution in [-0.4, -0.2) is 41.7 Å². The van der Waals surface area contributed by atoms with Crippen molar-refractivity contribution in [2.45, 2.75) is 51.4 Å². The molecule has 0 radical (unpaired) electrons. The molecule has 0 unspecified atom stereocenters. The largest absolute Gasteiger partial charge is 0.467 e. The van der Waals surface area contributed by atoms with Gasteiger partial charge in [0.15, 0.2) is 5.13 Å².